The summed E-state index contributed by atoms with van der Waals surface area (Å²) in [6.45, 7) is -1.05. The van der Waals surface area contributed by atoms with Gasteiger partial charge in [0.15, 0.2) is 6.10 Å². The van der Waals surface area contributed by atoms with Crippen LogP contribution in [0.3, 0.4) is 0 Å². The molecule has 1 saturated heterocycles. The number of terminal acetylenes is 1. The second-order valence-corrected chi connectivity index (χ2v) is 9.27. The van der Waals surface area contributed by atoms with Crippen molar-refractivity contribution in [3.05, 3.63) is 70.7 Å². The fourth-order valence-corrected chi connectivity index (χ4v) is 4.34. The van der Waals surface area contributed by atoms with Gasteiger partial charge in [-0.15, -0.1) is 12.3 Å². The fraction of sp³-hybridized carbons (Fsp3) is 0.370. The Morgan fingerprint density at radius 2 is 1.84 bits per heavy atom. The number of amides is 3. The van der Waals surface area contributed by atoms with Crippen molar-refractivity contribution in [1.82, 2.24) is 15.5 Å². The second kappa shape index (κ2) is 12.7. The lowest BCUT2D eigenvalue weighted by atomic mass is 9.99. The lowest BCUT2D eigenvalue weighted by Gasteiger charge is -2.30. The quantitative estimate of drug-likeness (QED) is 0.411. The van der Waals surface area contributed by atoms with Crippen LogP contribution in [-0.4, -0.2) is 58.4 Å². The number of carbonyl (C=O) groups is 3. The van der Waals surface area contributed by atoms with Crippen molar-refractivity contribution in [2.45, 2.75) is 56.3 Å². The van der Waals surface area contributed by atoms with Gasteiger partial charge >= 0.3 is 0 Å². The van der Waals surface area contributed by atoms with Gasteiger partial charge in [0.25, 0.3) is 11.8 Å². The molecule has 0 radical (unpaired) electrons. The third-order valence-corrected chi connectivity index (χ3v) is 6.41. The van der Waals surface area contributed by atoms with E-state index in [-0.39, 0.29) is 25.8 Å². The van der Waals surface area contributed by atoms with Crippen LogP contribution in [0, 0.1) is 12.3 Å². The first kappa shape index (κ1) is 28.1. The molecule has 10 heteroatoms. The van der Waals surface area contributed by atoms with Gasteiger partial charge in [0.1, 0.15) is 6.04 Å². The van der Waals surface area contributed by atoms with E-state index in [4.69, 9.17) is 18.0 Å². The van der Waals surface area contributed by atoms with E-state index in [0.717, 1.165) is 0 Å². The van der Waals surface area contributed by atoms with Crippen molar-refractivity contribution in [3.63, 3.8) is 0 Å². The molecular formula is C27H28ClF2N3O4. The maximum absolute atomic E-state index is 14.4. The van der Waals surface area contributed by atoms with Crippen LogP contribution in [0.4, 0.5) is 8.78 Å². The molecule has 3 rings (SSSR count). The van der Waals surface area contributed by atoms with Crippen LogP contribution in [0.5, 0.6) is 0 Å². The molecule has 7 nitrogen and oxygen atoms in total. The third-order valence-electron chi connectivity index (χ3n) is 6.04. The van der Waals surface area contributed by atoms with Crippen LogP contribution in [-0.2, 0) is 27.3 Å². The van der Waals surface area contributed by atoms with Gasteiger partial charge in [0.05, 0.1) is 12.6 Å². The Morgan fingerprint density at radius 1 is 1.16 bits per heavy atom. The summed E-state index contributed by atoms with van der Waals surface area (Å²) in [4.78, 5) is 39.1. The van der Waals surface area contributed by atoms with Gasteiger partial charge in [0, 0.05) is 30.8 Å². The number of nitrogens with one attached hydrogen (secondary N) is 2. The smallest absolute Gasteiger partial charge is 0.267 e. The number of halogens is 3. The predicted octanol–water partition coefficient (Wildman–Crippen LogP) is 2.69. The Hall–Kier alpha value is -3.48. The number of benzene rings is 2. The molecule has 2 aromatic rings. The van der Waals surface area contributed by atoms with E-state index < -0.39 is 54.8 Å². The molecule has 3 unspecified atom stereocenters. The summed E-state index contributed by atoms with van der Waals surface area (Å²) in [5.74, 6) is -3.35. The highest BCUT2D eigenvalue weighted by Gasteiger charge is 2.51. The molecule has 1 aliphatic rings. The van der Waals surface area contributed by atoms with E-state index in [1.54, 1.807) is 54.6 Å². The van der Waals surface area contributed by atoms with Gasteiger partial charge in [-0.3, -0.25) is 14.4 Å². The number of rotatable bonds is 10. The number of alkyl halides is 2. The third kappa shape index (κ3) is 7.75. The van der Waals surface area contributed by atoms with Gasteiger partial charge in [-0.05, 0) is 23.6 Å². The first-order valence-corrected chi connectivity index (χ1v) is 12.1. The van der Waals surface area contributed by atoms with E-state index in [9.17, 15) is 28.3 Å². The standard InChI is InChI=1S/C27H28ClF2N3O4/c1-2-3-13-23(34)32-21(14-18-9-5-4-6-10-18)24(35)26(37)33-17-27(29,30)15-22(33)25(36)31-16-19-11-7-8-12-20(19)28/h1,4-12,21-22,24,35H,3,13-17H2,(H,31,36)(H,32,34). The number of hydrogen-bond donors (Lipinski definition) is 3. The van der Waals surface area contributed by atoms with Gasteiger partial charge < -0.3 is 20.6 Å². The molecule has 1 fully saturated rings. The van der Waals surface area contributed by atoms with Gasteiger partial charge in [0.2, 0.25) is 11.8 Å². The Kier molecular flexibility index (Phi) is 9.61. The van der Waals surface area contributed by atoms with Gasteiger partial charge in [-0.25, -0.2) is 8.78 Å². The lowest BCUT2D eigenvalue weighted by Crippen LogP contribution is -2.55. The van der Waals surface area contributed by atoms with E-state index >= 15 is 0 Å². The van der Waals surface area contributed by atoms with E-state index in [2.05, 4.69) is 16.6 Å². The molecule has 1 aliphatic heterocycles. The van der Waals surface area contributed by atoms with Crippen molar-refractivity contribution in [2.24, 2.45) is 0 Å². The topological polar surface area (TPSA) is 98.7 Å². The maximum atomic E-state index is 14.4. The van der Waals surface area contributed by atoms with Crippen LogP contribution in [0.15, 0.2) is 54.6 Å². The van der Waals surface area contributed by atoms with Crippen molar-refractivity contribution >= 4 is 29.3 Å². The number of nitrogens with zero attached hydrogens (tertiary/aromatic N) is 1. The molecule has 0 saturated carbocycles. The van der Waals surface area contributed by atoms with Gasteiger partial charge in [-0.1, -0.05) is 60.1 Å². The molecule has 3 atom stereocenters. The molecule has 0 aromatic heterocycles. The van der Waals surface area contributed by atoms with Crippen molar-refractivity contribution in [1.29, 1.82) is 0 Å². The summed E-state index contributed by atoms with van der Waals surface area (Å²) >= 11 is 6.09. The highest BCUT2D eigenvalue weighted by Crippen LogP contribution is 2.33. The average molecular weight is 532 g/mol. The van der Waals surface area contributed by atoms with Gasteiger partial charge in [-0.2, -0.15) is 0 Å². The average Bonchev–Trinajstić information content (AvgIpc) is 3.21. The molecule has 0 spiro atoms. The first-order chi connectivity index (χ1) is 17.6. The minimum Gasteiger partial charge on any atom is -0.381 e. The Labute approximate surface area is 219 Å². The van der Waals surface area contributed by atoms with E-state index in [1.807, 2.05) is 0 Å². The van der Waals surface area contributed by atoms with Crippen LogP contribution < -0.4 is 10.6 Å². The fourth-order valence-electron chi connectivity index (χ4n) is 4.14. The summed E-state index contributed by atoms with van der Waals surface area (Å²) in [5.41, 5.74) is 1.29. The summed E-state index contributed by atoms with van der Waals surface area (Å²) < 4.78 is 28.8. The predicted molar refractivity (Wildman–Crippen MR) is 135 cm³/mol. The first-order valence-electron chi connectivity index (χ1n) is 11.8. The molecule has 0 aliphatic carbocycles. The minimum absolute atomic E-state index is 0.0208. The molecule has 3 N–H and O–H groups in total. The highest BCUT2D eigenvalue weighted by atomic mass is 35.5. The Balaban J connectivity index is 1.76. The van der Waals surface area contributed by atoms with Crippen molar-refractivity contribution in [3.8, 4) is 12.3 Å². The summed E-state index contributed by atoms with van der Waals surface area (Å²) in [6, 6.07) is 12.9. The monoisotopic (exact) mass is 531 g/mol. The highest BCUT2D eigenvalue weighted by molar-refractivity contribution is 6.31. The van der Waals surface area contributed by atoms with Crippen LogP contribution in [0.1, 0.15) is 30.4 Å². The molecule has 1 heterocycles. The number of likely N-dealkylation sites (tertiary alicyclic amines) is 1. The van der Waals surface area contributed by atoms with Crippen LogP contribution in [0.25, 0.3) is 0 Å². The summed E-state index contributed by atoms with van der Waals surface area (Å²) in [7, 11) is 0. The summed E-state index contributed by atoms with van der Waals surface area (Å²) in [6.07, 6.45) is 2.62. The number of aliphatic hydroxyl groups excluding tert-OH is 1. The molecule has 3 amide bonds. The molecular weight excluding hydrogens is 504 g/mol. The second-order valence-electron chi connectivity index (χ2n) is 8.86. The van der Waals surface area contributed by atoms with E-state index in [0.29, 0.717) is 21.0 Å². The normalized spacial score (nSPS) is 17.9. The Morgan fingerprint density at radius 3 is 2.51 bits per heavy atom. The molecule has 37 heavy (non-hydrogen) atoms. The zero-order chi connectivity index (χ0) is 27.0. The molecule has 0 bridgehead atoms. The SMILES string of the molecule is C#CCCC(=O)NC(Cc1ccccc1)C(O)C(=O)N1CC(F)(F)CC1C(=O)NCc1ccccc1Cl. The zero-order valence-corrected chi connectivity index (χ0v) is 20.8. The lowest BCUT2D eigenvalue weighted by molar-refractivity contribution is -0.147. The molecule has 196 valence electrons. The summed E-state index contributed by atoms with van der Waals surface area (Å²) in [5, 5.41) is 16.5. The van der Waals surface area contributed by atoms with E-state index in [1.165, 1.54) is 0 Å². The maximum Gasteiger partial charge on any atom is 0.267 e. The largest absolute Gasteiger partial charge is 0.381 e. The number of aliphatic hydroxyl groups is 1. The van der Waals surface area contributed by atoms with Crippen molar-refractivity contribution in [2.75, 3.05) is 6.54 Å². The number of carbonyl (C=O) groups excluding carboxylic acids is 3. The van der Waals surface area contributed by atoms with Crippen LogP contribution in [0.2, 0.25) is 5.02 Å². The molecule has 2 aromatic carbocycles. The van der Waals surface area contributed by atoms with Crippen LogP contribution >= 0.6 is 11.6 Å². The Bertz CT molecular complexity index is 1160. The number of hydrogen-bond acceptors (Lipinski definition) is 4. The van der Waals surface area contributed by atoms with Crippen molar-refractivity contribution < 1.29 is 28.3 Å². The zero-order valence-electron chi connectivity index (χ0n) is 20.0. The minimum atomic E-state index is -3.33.